The number of likely N-dealkylation sites (tertiary alicyclic amines) is 1. The number of fused-ring (bicyclic) bond motifs is 1. The quantitative estimate of drug-likeness (QED) is 0.887. The van der Waals surface area contributed by atoms with Crippen LogP contribution in [0.3, 0.4) is 0 Å². The molecule has 4 nitrogen and oxygen atoms in total. The molecule has 0 aromatic carbocycles. The largest absolute Gasteiger partial charge is 0.384 e. The van der Waals surface area contributed by atoms with Gasteiger partial charge in [-0.25, -0.2) is 9.97 Å². The van der Waals surface area contributed by atoms with Gasteiger partial charge < -0.3 is 5.73 Å². The molecule has 2 aliphatic rings. The summed E-state index contributed by atoms with van der Waals surface area (Å²) in [6.45, 7) is 5.25. The van der Waals surface area contributed by atoms with Gasteiger partial charge in [-0.15, -0.1) is 0 Å². The summed E-state index contributed by atoms with van der Waals surface area (Å²) < 4.78 is 0. The fraction of sp³-hybridized carbons (Fsp3) is 0.733. The third-order valence-electron chi connectivity index (χ3n) is 4.66. The molecule has 1 aliphatic carbocycles. The van der Waals surface area contributed by atoms with Crippen molar-refractivity contribution in [2.75, 3.05) is 18.8 Å². The Bertz CT molecular complexity index is 426. The summed E-state index contributed by atoms with van der Waals surface area (Å²) in [5.74, 6) is 3.36. The number of rotatable bonds is 2. The molecule has 1 aliphatic heterocycles. The molecule has 0 spiro atoms. The van der Waals surface area contributed by atoms with Gasteiger partial charge in [0.05, 0.1) is 6.54 Å². The Labute approximate surface area is 115 Å². The van der Waals surface area contributed by atoms with Gasteiger partial charge in [0, 0.05) is 18.3 Å². The SMILES string of the molecule is Cc1cc(N)nc(CN2CCC3CCCCC3C2)n1. The number of aryl methyl sites for hydroxylation is 1. The van der Waals surface area contributed by atoms with Gasteiger partial charge in [0.1, 0.15) is 11.6 Å². The Morgan fingerprint density at radius 1 is 1.21 bits per heavy atom. The molecule has 104 valence electrons. The van der Waals surface area contributed by atoms with E-state index in [1.54, 1.807) is 0 Å². The molecule has 1 aromatic heterocycles. The van der Waals surface area contributed by atoms with E-state index in [1.165, 1.54) is 45.2 Å². The van der Waals surface area contributed by atoms with Crippen molar-refractivity contribution in [3.05, 3.63) is 17.6 Å². The van der Waals surface area contributed by atoms with Crippen LogP contribution in [0, 0.1) is 18.8 Å². The topological polar surface area (TPSA) is 55.0 Å². The zero-order valence-electron chi connectivity index (χ0n) is 11.8. The smallest absolute Gasteiger partial charge is 0.144 e. The molecule has 0 radical (unpaired) electrons. The van der Waals surface area contributed by atoms with Gasteiger partial charge in [-0.2, -0.15) is 0 Å². The van der Waals surface area contributed by atoms with Crippen molar-refractivity contribution in [1.29, 1.82) is 0 Å². The first-order valence-corrected chi connectivity index (χ1v) is 7.53. The molecular formula is C15H24N4. The van der Waals surface area contributed by atoms with Crippen molar-refractivity contribution in [2.24, 2.45) is 11.8 Å². The lowest BCUT2D eigenvalue weighted by Gasteiger charge is -2.41. The highest BCUT2D eigenvalue weighted by atomic mass is 15.2. The number of aromatic nitrogens is 2. The second kappa shape index (κ2) is 5.45. The van der Waals surface area contributed by atoms with Crippen LogP contribution in [0.1, 0.15) is 43.6 Å². The molecular weight excluding hydrogens is 236 g/mol. The molecule has 19 heavy (non-hydrogen) atoms. The second-order valence-corrected chi connectivity index (χ2v) is 6.18. The van der Waals surface area contributed by atoms with Crippen LogP contribution in [0.2, 0.25) is 0 Å². The van der Waals surface area contributed by atoms with E-state index < -0.39 is 0 Å². The maximum absolute atomic E-state index is 5.80. The predicted octanol–water partition coefficient (Wildman–Crippen LogP) is 2.38. The molecule has 2 N–H and O–H groups in total. The lowest BCUT2D eigenvalue weighted by atomic mass is 9.75. The normalized spacial score (nSPS) is 28.1. The van der Waals surface area contributed by atoms with Gasteiger partial charge >= 0.3 is 0 Å². The molecule has 2 unspecified atom stereocenters. The predicted molar refractivity (Wildman–Crippen MR) is 76.5 cm³/mol. The Hall–Kier alpha value is -1.16. The van der Waals surface area contributed by atoms with E-state index in [9.17, 15) is 0 Å². The summed E-state index contributed by atoms with van der Waals surface area (Å²) in [5.41, 5.74) is 6.77. The number of nitrogen functional groups attached to an aromatic ring is 1. The van der Waals surface area contributed by atoms with Crippen LogP contribution in [0.15, 0.2) is 6.07 Å². The number of nitrogens with zero attached hydrogens (tertiary/aromatic N) is 3. The molecule has 1 saturated heterocycles. The van der Waals surface area contributed by atoms with Crippen LogP contribution >= 0.6 is 0 Å². The minimum absolute atomic E-state index is 0.593. The number of piperidine rings is 1. The van der Waals surface area contributed by atoms with Crippen LogP contribution in [0.25, 0.3) is 0 Å². The lowest BCUT2D eigenvalue weighted by Crippen LogP contribution is -2.41. The van der Waals surface area contributed by atoms with Gasteiger partial charge in [-0.1, -0.05) is 19.3 Å². The van der Waals surface area contributed by atoms with Crippen LogP contribution in [0.5, 0.6) is 0 Å². The van der Waals surface area contributed by atoms with Crippen molar-refractivity contribution in [3.8, 4) is 0 Å². The van der Waals surface area contributed by atoms with E-state index in [1.807, 2.05) is 13.0 Å². The van der Waals surface area contributed by atoms with E-state index in [0.29, 0.717) is 5.82 Å². The number of hydrogen-bond donors (Lipinski definition) is 1. The van der Waals surface area contributed by atoms with Crippen LogP contribution < -0.4 is 5.73 Å². The molecule has 3 rings (SSSR count). The standard InChI is InChI=1S/C15H24N4/c1-11-8-14(16)18-15(17-11)10-19-7-6-12-4-2-3-5-13(12)9-19/h8,12-13H,2-7,9-10H2,1H3,(H2,16,17,18). The zero-order chi connectivity index (χ0) is 13.2. The van der Waals surface area contributed by atoms with E-state index >= 15 is 0 Å². The first-order chi connectivity index (χ1) is 9.20. The zero-order valence-corrected chi connectivity index (χ0v) is 11.8. The average Bonchev–Trinajstić information content (AvgIpc) is 2.37. The van der Waals surface area contributed by atoms with E-state index in [4.69, 9.17) is 5.73 Å². The number of anilines is 1. The molecule has 2 heterocycles. The second-order valence-electron chi connectivity index (χ2n) is 6.18. The maximum atomic E-state index is 5.80. The molecule has 1 saturated carbocycles. The van der Waals surface area contributed by atoms with Gasteiger partial charge in [-0.3, -0.25) is 4.90 Å². The molecule has 1 aromatic rings. The average molecular weight is 260 g/mol. The van der Waals surface area contributed by atoms with E-state index in [2.05, 4.69) is 14.9 Å². The molecule has 2 atom stereocenters. The molecule has 4 heteroatoms. The summed E-state index contributed by atoms with van der Waals surface area (Å²) in [7, 11) is 0. The molecule has 0 bridgehead atoms. The minimum atomic E-state index is 0.593. The van der Waals surface area contributed by atoms with Gasteiger partial charge in [0.15, 0.2) is 0 Å². The summed E-state index contributed by atoms with van der Waals surface area (Å²) in [5, 5.41) is 0. The Morgan fingerprint density at radius 3 is 2.79 bits per heavy atom. The van der Waals surface area contributed by atoms with Crippen LogP contribution in [-0.2, 0) is 6.54 Å². The highest BCUT2D eigenvalue weighted by molar-refractivity contribution is 5.29. The van der Waals surface area contributed by atoms with E-state index in [-0.39, 0.29) is 0 Å². The van der Waals surface area contributed by atoms with Crippen molar-refractivity contribution < 1.29 is 0 Å². The Balaban J connectivity index is 1.64. The number of hydrogen-bond acceptors (Lipinski definition) is 4. The fourth-order valence-corrected chi connectivity index (χ4v) is 3.75. The van der Waals surface area contributed by atoms with Crippen molar-refractivity contribution in [3.63, 3.8) is 0 Å². The van der Waals surface area contributed by atoms with Crippen molar-refractivity contribution in [1.82, 2.24) is 14.9 Å². The third-order valence-corrected chi connectivity index (χ3v) is 4.66. The first kappa shape index (κ1) is 12.9. The van der Waals surface area contributed by atoms with E-state index in [0.717, 1.165) is 29.9 Å². The highest BCUT2D eigenvalue weighted by Crippen LogP contribution is 2.36. The maximum Gasteiger partial charge on any atom is 0.144 e. The monoisotopic (exact) mass is 260 g/mol. The Morgan fingerprint density at radius 2 is 2.00 bits per heavy atom. The van der Waals surface area contributed by atoms with Crippen molar-refractivity contribution in [2.45, 2.75) is 45.6 Å². The minimum Gasteiger partial charge on any atom is -0.384 e. The summed E-state index contributed by atoms with van der Waals surface area (Å²) in [6.07, 6.45) is 7.08. The Kier molecular flexibility index (Phi) is 3.69. The summed E-state index contributed by atoms with van der Waals surface area (Å²) in [4.78, 5) is 11.4. The van der Waals surface area contributed by atoms with Gasteiger partial charge in [0.2, 0.25) is 0 Å². The lowest BCUT2D eigenvalue weighted by molar-refractivity contribution is 0.0803. The summed E-state index contributed by atoms with van der Waals surface area (Å²) >= 11 is 0. The molecule has 2 fully saturated rings. The first-order valence-electron chi connectivity index (χ1n) is 7.53. The van der Waals surface area contributed by atoms with Crippen molar-refractivity contribution >= 4 is 5.82 Å². The number of nitrogens with two attached hydrogens (primary N) is 1. The van der Waals surface area contributed by atoms with Crippen LogP contribution in [0.4, 0.5) is 5.82 Å². The van der Waals surface area contributed by atoms with Crippen LogP contribution in [-0.4, -0.2) is 28.0 Å². The van der Waals surface area contributed by atoms with Gasteiger partial charge in [-0.05, 0) is 38.1 Å². The fourth-order valence-electron chi connectivity index (χ4n) is 3.75. The third kappa shape index (κ3) is 3.06. The van der Waals surface area contributed by atoms with Gasteiger partial charge in [0.25, 0.3) is 0 Å². The highest BCUT2D eigenvalue weighted by Gasteiger charge is 2.31. The molecule has 0 amide bonds. The summed E-state index contributed by atoms with van der Waals surface area (Å²) in [6, 6.07) is 1.83.